The molecule has 7 heteroatoms. The van der Waals surface area contributed by atoms with Gasteiger partial charge in [0.2, 0.25) is 5.91 Å². The minimum absolute atomic E-state index is 0.113. The van der Waals surface area contributed by atoms with Crippen LogP contribution in [0.2, 0.25) is 0 Å². The molecule has 2 amide bonds. The number of benzene rings is 2. The van der Waals surface area contributed by atoms with Gasteiger partial charge < -0.3 is 11.1 Å². The first kappa shape index (κ1) is 18.4. The molecule has 0 unspecified atom stereocenters. The monoisotopic (exact) mass is 385 g/mol. The molecule has 4 aromatic rings. The van der Waals surface area contributed by atoms with E-state index in [1.54, 1.807) is 24.5 Å². The van der Waals surface area contributed by atoms with Crippen molar-refractivity contribution in [2.45, 2.75) is 6.42 Å². The molecule has 0 aliphatic rings. The molecule has 2 heterocycles. The molecule has 0 atom stereocenters. The van der Waals surface area contributed by atoms with Crippen molar-refractivity contribution in [3.05, 3.63) is 78.8 Å². The Labute approximate surface area is 167 Å². The van der Waals surface area contributed by atoms with Crippen molar-refractivity contribution < 1.29 is 9.59 Å². The number of hydrogen-bond acceptors (Lipinski definition) is 4. The number of carbonyl (C=O) groups excluding carboxylic acids is 2. The van der Waals surface area contributed by atoms with Gasteiger partial charge in [0.25, 0.3) is 5.91 Å². The summed E-state index contributed by atoms with van der Waals surface area (Å²) in [6, 6.07) is 17.1. The third-order valence-electron chi connectivity index (χ3n) is 4.54. The number of imidazole rings is 1. The minimum Gasteiger partial charge on any atom is -0.370 e. The molecule has 0 saturated carbocycles. The summed E-state index contributed by atoms with van der Waals surface area (Å²) >= 11 is 0. The first-order valence-electron chi connectivity index (χ1n) is 9.17. The zero-order chi connectivity index (χ0) is 20.2. The van der Waals surface area contributed by atoms with Crippen LogP contribution in [0.25, 0.3) is 28.2 Å². The molecule has 0 radical (unpaired) electrons. The molecule has 0 fully saturated rings. The van der Waals surface area contributed by atoms with Gasteiger partial charge in [0.15, 0.2) is 0 Å². The van der Waals surface area contributed by atoms with E-state index < -0.39 is 5.91 Å². The Kier molecular flexibility index (Phi) is 5.03. The maximum absolute atomic E-state index is 12.1. The van der Waals surface area contributed by atoms with Crippen molar-refractivity contribution in [1.29, 1.82) is 0 Å². The summed E-state index contributed by atoms with van der Waals surface area (Å²) in [6.45, 7) is 0.218. The Hall–Kier alpha value is -4.00. The normalized spacial score (nSPS) is 10.8. The lowest BCUT2D eigenvalue weighted by molar-refractivity contribution is -0.117. The molecule has 7 nitrogen and oxygen atoms in total. The Morgan fingerprint density at radius 2 is 1.66 bits per heavy atom. The number of nitrogens with one attached hydrogen (secondary N) is 1. The Morgan fingerprint density at radius 3 is 2.38 bits per heavy atom. The average Bonchev–Trinajstić information content (AvgIpc) is 3.17. The number of nitrogens with two attached hydrogens (primary N) is 1. The number of amides is 2. The molecule has 0 aliphatic carbocycles. The van der Waals surface area contributed by atoms with Crippen molar-refractivity contribution in [2.24, 2.45) is 5.73 Å². The number of aromatic nitrogens is 3. The van der Waals surface area contributed by atoms with Crippen molar-refractivity contribution in [2.75, 3.05) is 6.54 Å². The Morgan fingerprint density at radius 1 is 0.931 bits per heavy atom. The molecule has 4 rings (SSSR count). The smallest absolute Gasteiger partial charge is 0.251 e. The van der Waals surface area contributed by atoms with Gasteiger partial charge in [-0.15, -0.1) is 0 Å². The lowest BCUT2D eigenvalue weighted by atomic mass is 10.1. The molecule has 3 N–H and O–H groups in total. The van der Waals surface area contributed by atoms with Gasteiger partial charge in [-0.05, 0) is 12.1 Å². The van der Waals surface area contributed by atoms with E-state index in [2.05, 4.69) is 15.3 Å². The van der Waals surface area contributed by atoms with E-state index in [4.69, 9.17) is 5.73 Å². The molecule has 2 aromatic carbocycles. The first-order valence-corrected chi connectivity index (χ1v) is 9.17. The molecule has 0 spiro atoms. The SMILES string of the molecule is NC(=O)CCNC(=O)c1ccc(-c2ncc3cnc(-c4ccccc4)cn23)cc1. The van der Waals surface area contributed by atoms with Crippen LogP contribution in [-0.4, -0.2) is 32.7 Å². The molecular formula is C22H19N5O2. The van der Waals surface area contributed by atoms with Gasteiger partial charge >= 0.3 is 0 Å². The van der Waals surface area contributed by atoms with E-state index in [1.165, 1.54) is 0 Å². The zero-order valence-corrected chi connectivity index (χ0v) is 15.6. The summed E-state index contributed by atoms with van der Waals surface area (Å²) in [5.41, 5.74) is 9.22. The third kappa shape index (κ3) is 3.98. The van der Waals surface area contributed by atoms with E-state index in [9.17, 15) is 9.59 Å². The number of nitrogens with zero attached hydrogens (tertiary/aromatic N) is 3. The summed E-state index contributed by atoms with van der Waals surface area (Å²) < 4.78 is 1.98. The topological polar surface area (TPSA) is 102 Å². The van der Waals surface area contributed by atoms with Gasteiger partial charge in [-0.3, -0.25) is 19.0 Å². The largest absolute Gasteiger partial charge is 0.370 e. The fourth-order valence-corrected chi connectivity index (χ4v) is 3.04. The zero-order valence-electron chi connectivity index (χ0n) is 15.6. The predicted octanol–water partition coefficient (Wildman–Crippen LogP) is 2.67. The number of rotatable bonds is 6. The van der Waals surface area contributed by atoms with Gasteiger partial charge in [-0.2, -0.15) is 0 Å². The maximum Gasteiger partial charge on any atom is 0.251 e. The fourth-order valence-electron chi connectivity index (χ4n) is 3.04. The van der Waals surface area contributed by atoms with Gasteiger partial charge in [-0.25, -0.2) is 4.98 Å². The molecule has 144 valence electrons. The van der Waals surface area contributed by atoms with Crippen LogP contribution in [0.1, 0.15) is 16.8 Å². The standard InChI is InChI=1S/C22H19N5O2/c23-20(28)10-11-24-22(29)17-8-6-16(7-9-17)21-26-13-18-12-25-19(14-27(18)21)15-4-2-1-3-5-15/h1-9,12-14H,10-11H2,(H2,23,28)(H,24,29). The van der Waals surface area contributed by atoms with Crippen LogP contribution >= 0.6 is 0 Å². The highest BCUT2D eigenvalue weighted by molar-refractivity contribution is 5.94. The van der Waals surface area contributed by atoms with E-state index >= 15 is 0 Å². The maximum atomic E-state index is 12.1. The van der Waals surface area contributed by atoms with Crippen molar-refractivity contribution in [3.8, 4) is 22.6 Å². The summed E-state index contributed by atoms with van der Waals surface area (Å²) in [6.07, 6.45) is 5.63. The number of primary amides is 1. The van der Waals surface area contributed by atoms with Gasteiger partial charge in [0.1, 0.15) is 5.82 Å². The van der Waals surface area contributed by atoms with Crippen LogP contribution < -0.4 is 11.1 Å². The third-order valence-corrected chi connectivity index (χ3v) is 4.54. The molecule has 0 saturated heterocycles. The van der Waals surface area contributed by atoms with Crippen LogP contribution in [0, 0.1) is 0 Å². The van der Waals surface area contributed by atoms with Crippen molar-refractivity contribution in [3.63, 3.8) is 0 Å². The lowest BCUT2D eigenvalue weighted by Gasteiger charge is -2.07. The molecular weight excluding hydrogens is 366 g/mol. The minimum atomic E-state index is -0.448. The Balaban J connectivity index is 1.59. The van der Waals surface area contributed by atoms with Crippen molar-refractivity contribution >= 4 is 17.3 Å². The first-order chi connectivity index (χ1) is 14.1. The molecule has 0 aliphatic heterocycles. The number of fused-ring (bicyclic) bond motifs is 1. The van der Waals surface area contributed by atoms with E-state index in [-0.39, 0.29) is 18.9 Å². The second-order valence-electron chi connectivity index (χ2n) is 6.56. The van der Waals surface area contributed by atoms with Crippen LogP contribution in [0.5, 0.6) is 0 Å². The van der Waals surface area contributed by atoms with E-state index in [0.29, 0.717) is 5.56 Å². The van der Waals surface area contributed by atoms with Crippen molar-refractivity contribution in [1.82, 2.24) is 19.7 Å². The lowest BCUT2D eigenvalue weighted by Crippen LogP contribution is -2.27. The molecule has 0 bridgehead atoms. The highest BCUT2D eigenvalue weighted by atomic mass is 16.2. The molecule has 2 aromatic heterocycles. The number of hydrogen-bond donors (Lipinski definition) is 2. The second kappa shape index (κ2) is 7.93. The second-order valence-corrected chi connectivity index (χ2v) is 6.56. The van der Waals surface area contributed by atoms with Gasteiger partial charge in [0, 0.05) is 35.9 Å². The summed E-state index contributed by atoms with van der Waals surface area (Å²) in [5.74, 6) is 0.0674. The van der Waals surface area contributed by atoms with E-state index in [0.717, 1.165) is 28.2 Å². The van der Waals surface area contributed by atoms with Crippen LogP contribution in [0.3, 0.4) is 0 Å². The summed E-state index contributed by atoms with van der Waals surface area (Å²) in [7, 11) is 0. The fraction of sp³-hybridized carbons (Fsp3) is 0.0909. The summed E-state index contributed by atoms with van der Waals surface area (Å²) in [5, 5.41) is 2.67. The highest BCUT2D eigenvalue weighted by Gasteiger charge is 2.11. The van der Waals surface area contributed by atoms with Crippen LogP contribution in [0.15, 0.2) is 73.2 Å². The summed E-state index contributed by atoms with van der Waals surface area (Å²) in [4.78, 5) is 31.9. The average molecular weight is 385 g/mol. The predicted molar refractivity (Wildman–Crippen MR) is 110 cm³/mol. The van der Waals surface area contributed by atoms with Crippen LogP contribution in [0.4, 0.5) is 0 Å². The van der Waals surface area contributed by atoms with Gasteiger partial charge in [0.05, 0.1) is 23.6 Å². The quantitative estimate of drug-likeness (QED) is 0.533. The Bertz CT molecular complexity index is 1170. The molecule has 29 heavy (non-hydrogen) atoms. The van der Waals surface area contributed by atoms with E-state index in [1.807, 2.05) is 53.1 Å². The highest BCUT2D eigenvalue weighted by Crippen LogP contribution is 2.23. The van der Waals surface area contributed by atoms with Gasteiger partial charge in [-0.1, -0.05) is 42.5 Å². The van der Waals surface area contributed by atoms with Crippen LogP contribution in [-0.2, 0) is 4.79 Å². The number of carbonyl (C=O) groups is 2.